The third-order valence-electron chi connectivity index (χ3n) is 6.52. The zero-order valence-electron chi connectivity index (χ0n) is 21.3. The number of thioether (sulfide) groups is 1. The molecule has 1 atom stereocenters. The highest BCUT2D eigenvalue weighted by Gasteiger charge is 2.45. The zero-order chi connectivity index (χ0) is 27.6. The predicted octanol–water partition coefficient (Wildman–Crippen LogP) is 5.54. The van der Waals surface area contributed by atoms with Gasteiger partial charge in [0.15, 0.2) is 5.17 Å². The van der Waals surface area contributed by atoms with E-state index in [1.807, 2.05) is 31.2 Å². The molecule has 0 bridgehead atoms. The van der Waals surface area contributed by atoms with Crippen molar-refractivity contribution < 1.29 is 14.3 Å². The fourth-order valence-corrected chi connectivity index (χ4v) is 4.72. The van der Waals surface area contributed by atoms with Crippen molar-refractivity contribution in [3.63, 3.8) is 0 Å². The Bertz CT molecular complexity index is 1430. The summed E-state index contributed by atoms with van der Waals surface area (Å²) in [5, 5.41) is 17.8. The summed E-state index contributed by atoms with van der Waals surface area (Å²) < 4.78 is 6.08. The Kier molecular flexibility index (Phi) is 7.84. The zero-order valence-corrected chi connectivity index (χ0v) is 22.9. The van der Waals surface area contributed by atoms with E-state index in [-0.39, 0.29) is 22.1 Å². The van der Waals surface area contributed by atoms with Crippen LogP contribution in [-0.2, 0) is 4.79 Å². The lowest BCUT2D eigenvalue weighted by atomic mass is 9.70. The number of rotatable bonds is 6. The summed E-state index contributed by atoms with van der Waals surface area (Å²) in [7, 11) is 1.75. The molecule has 3 N–H and O–H groups in total. The van der Waals surface area contributed by atoms with Crippen LogP contribution < -0.4 is 10.1 Å². The normalized spacial score (nSPS) is 14.0. The number of carbonyl (C=O) groups excluding carboxylic acids is 2. The van der Waals surface area contributed by atoms with E-state index in [1.165, 1.54) is 0 Å². The molecule has 0 saturated heterocycles. The lowest BCUT2D eigenvalue weighted by Gasteiger charge is -2.37. The second-order valence-electron chi connectivity index (χ2n) is 9.29. The van der Waals surface area contributed by atoms with Crippen molar-refractivity contribution in [2.45, 2.75) is 26.7 Å². The number of fused-ring (bicyclic) bond motifs is 2. The van der Waals surface area contributed by atoms with Gasteiger partial charge in [-0.15, -0.1) is 0 Å². The van der Waals surface area contributed by atoms with Crippen molar-refractivity contribution in [3.8, 4) is 23.0 Å². The third kappa shape index (κ3) is 5.27. The molecule has 2 amide bonds. The van der Waals surface area contributed by atoms with E-state index in [0.29, 0.717) is 34.8 Å². The van der Waals surface area contributed by atoms with Gasteiger partial charge in [-0.2, -0.15) is 0 Å². The Morgan fingerprint density at radius 3 is 2.37 bits per heavy atom. The van der Waals surface area contributed by atoms with E-state index in [4.69, 9.17) is 32.1 Å². The molecule has 1 aliphatic heterocycles. The fourth-order valence-electron chi connectivity index (χ4n) is 4.31. The van der Waals surface area contributed by atoms with Crippen molar-refractivity contribution in [2.24, 2.45) is 5.41 Å². The molecule has 1 aliphatic rings. The molecule has 0 saturated carbocycles. The van der Waals surface area contributed by atoms with E-state index in [1.54, 1.807) is 50.1 Å². The van der Waals surface area contributed by atoms with Gasteiger partial charge in [0.25, 0.3) is 5.91 Å². The molecular weight excluding hydrogens is 524 g/mol. The average Bonchev–Trinajstić information content (AvgIpc) is 2.90. The number of carbonyl (C=O) groups is 2. The lowest BCUT2D eigenvalue weighted by molar-refractivity contribution is -0.128. The van der Waals surface area contributed by atoms with Crippen LogP contribution >= 0.6 is 23.4 Å². The Hall–Kier alpha value is -3.76. The first-order valence-corrected chi connectivity index (χ1v) is 13.1. The van der Waals surface area contributed by atoms with Crippen molar-refractivity contribution in [3.05, 3.63) is 70.4 Å². The second kappa shape index (κ2) is 10.9. The maximum absolute atomic E-state index is 13.3. The van der Waals surface area contributed by atoms with Gasteiger partial charge in [-0.3, -0.25) is 15.0 Å². The van der Waals surface area contributed by atoms with Crippen LogP contribution in [0.5, 0.6) is 11.8 Å². The number of nitrogens with zero attached hydrogens (tertiary/aromatic N) is 3. The summed E-state index contributed by atoms with van der Waals surface area (Å²) >= 11 is 6.96. The number of nitrogens with one attached hydrogen (secondary N) is 3. The van der Waals surface area contributed by atoms with Gasteiger partial charge in [-0.05, 0) is 49.0 Å². The quantitative estimate of drug-likeness (QED) is 0.209. The van der Waals surface area contributed by atoms with Gasteiger partial charge >= 0.3 is 0 Å². The van der Waals surface area contributed by atoms with Crippen LogP contribution in [0.4, 0.5) is 0 Å². The highest BCUT2D eigenvalue weighted by atomic mass is 35.5. The Balaban J connectivity index is 1.74. The molecule has 3 heterocycles. The highest BCUT2D eigenvalue weighted by Crippen LogP contribution is 2.51. The van der Waals surface area contributed by atoms with E-state index in [2.05, 4.69) is 10.3 Å². The number of ether oxygens (including phenoxy) is 1. The smallest absolute Gasteiger partial charge is 0.253 e. The van der Waals surface area contributed by atoms with Crippen molar-refractivity contribution in [1.29, 1.82) is 10.8 Å². The molecule has 9 nitrogen and oxygen atoms in total. The number of amides is 2. The molecule has 1 unspecified atom stereocenters. The molecule has 3 aromatic rings. The van der Waals surface area contributed by atoms with Crippen LogP contribution in [0.3, 0.4) is 0 Å². The molecule has 0 fully saturated rings. The van der Waals surface area contributed by atoms with Crippen LogP contribution in [0.25, 0.3) is 11.3 Å². The number of amidine groups is 1. The van der Waals surface area contributed by atoms with Gasteiger partial charge in [-0.25, -0.2) is 9.97 Å². The van der Waals surface area contributed by atoms with Crippen LogP contribution in [-0.4, -0.2) is 51.0 Å². The van der Waals surface area contributed by atoms with Crippen LogP contribution in [0, 0.1) is 16.2 Å². The van der Waals surface area contributed by atoms with Crippen LogP contribution in [0.15, 0.2) is 48.5 Å². The minimum absolute atomic E-state index is 0.0595. The lowest BCUT2D eigenvalue weighted by Crippen LogP contribution is -2.43. The molecule has 2 aromatic heterocycles. The molecule has 1 aromatic carbocycles. The average molecular weight is 551 g/mol. The molecule has 38 heavy (non-hydrogen) atoms. The summed E-state index contributed by atoms with van der Waals surface area (Å²) in [5.41, 5.74) is 3.30. The number of pyridine rings is 2. The summed E-state index contributed by atoms with van der Waals surface area (Å²) in [5.74, 6) is -0.402. The molecule has 11 heteroatoms. The standard InChI is InChI=1S/C27H27ClN6O3S/c1-5-34(4)24(35)16-8-6-15(7-9-16)19-12-10-17-21(27(2,3)25(36)33-26(30)38-14-29)18-11-13-20(28)32-23(18)37-22(17)31-19/h6-14,21,29H,5H2,1-4H3,(H2,30,33,36). The molecule has 0 spiro atoms. The highest BCUT2D eigenvalue weighted by molar-refractivity contribution is 8.24. The monoisotopic (exact) mass is 550 g/mol. The van der Waals surface area contributed by atoms with E-state index in [9.17, 15) is 9.59 Å². The number of benzene rings is 1. The number of hydrogen-bond donors (Lipinski definition) is 3. The molecule has 4 rings (SSSR count). The minimum atomic E-state index is -1.05. The number of halogens is 1. The van der Waals surface area contributed by atoms with Crippen molar-refractivity contribution >= 4 is 45.9 Å². The maximum atomic E-state index is 13.3. The fraction of sp³-hybridized carbons (Fsp3) is 0.259. The van der Waals surface area contributed by atoms with Gasteiger partial charge in [0.2, 0.25) is 17.7 Å². The first-order chi connectivity index (χ1) is 18.1. The van der Waals surface area contributed by atoms with Gasteiger partial charge in [0.1, 0.15) is 5.15 Å². The Morgan fingerprint density at radius 2 is 1.74 bits per heavy atom. The SMILES string of the molecule is CCN(C)C(=O)c1ccc(-c2ccc3c(n2)Oc2nc(Cl)ccc2C3C(C)(C)C(=O)NC(=N)SC=N)cc1. The molecule has 196 valence electrons. The van der Waals surface area contributed by atoms with E-state index in [0.717, 1.165) is 22.9 Å². The second-order valence-corrected chi connectivity index (χ2v) is 10.6. The summed E-state index contributed by atoms with van der Waals surface area (Å²) in [6, 6.07) is 14.3. The Labute approximate surface area is 230 Å². The van der Waals surface area contributed by atoms with Crippen LogP contribution in [0.2, 0.25) is 5.15 Å². The topological polar surface area (TPSA) is 132 Å². The van der Waals surface area contributed by atoms with Crippen molar-refractivity contribution in [2.75, 3.05) is 13.6 Å². The predicted molar refractivity (Wildman–Crippen MR) is 149 cm³/mol. The van der Waals surface area contributed by atoms with Gasteiger partial charge in [0.05, 0.1) is 16.7 Å². The maximum Gasteiger partial charge on any atom is 0.253 e. The summed E-state index contributed by atoms with van der Waals surface area (Å²) in [6.45, 7) is 6.09. The minimum Gasteiger partial charge on any atom is -0.420 e. The number of aromatic nitrogens is 2. The van der Waals surface area contributed by atoms with E-state index < -0.39 is 17.2 Å². The molecular formula is C27H27ClN6O3S. The Morgan fingerprint density at radius 1 is 1.11 bits per heavy atom. The van der Waals surface area contributed by atoms with E-state index >= 15 is 0 Å². The first-order valence-electron chi connectivity index (χ1n) is 11.8. The van der Waals surface area contributed by atoms with Crippen LogP contribution in [0.1, 0.15) is 48.2 Å². The first kappa shape index (κ1) is 27.3. The summed E-state index contributed by atoms with van der Waals surface area (Å²) in [4.78, 5) is 36.5. The van der Waals surface area contributed by atoms with Crippen molar-refractivity contribution in [1.82, 2.24) is 20.2 Å². The molecule has 0 aliphatic carbocycles. The summed E-state index contributed by atoms with van der Waals surface area (Å²) in [6.07, 6.45) is 0. The van der Waals surface area contributed by atoms with Gasteiger partial charge in [-0.1, -0.05) is 43.6 Å². The van der Waals surface area contributed by atoms with Gasteiger partial charge < -0.3 is 20.4 Å². The molecule has 0 radical (unpaired) electrons. The van der Waals surface area contributed by atoms with Gasteiger partial charge in [0, 0.05) is 41.8 Å². The third-order valence-corrected chi connectivity index (χ3v) is 7.19. The largest absolute Gasteiger partial charge is 0.420 e. The number of hydrogen-bond acceptors (Lipinski definition) is 8.